The molecule has 2 unspecified atom stereocenters. The molecular weight excluding hydrogens is 317 g/mol. The number of aromatic nitrogens is 1. The second-order valence-electron chi connectivity index (χ2n) is 7.40. The summed E-state index contributed by atoms with van der Waals surface area (Å²) in [6.07, 6.45) is 1.93. The van der Waals surface area contributed by atoms with Crippen molar-refractivity contribution in [2.45, 2.75) is 45.5 Å². The quantitative estimate of drug-likeness (QED) is 0.679. The molecule has 4 rings (SSSR count). The standard InChI is InChI=1S/C18H19F3N2O/c1-10-3-4-17(7-10)11(2)15-6-14-12(9-23(15)16(17)24)5-13(8-22-14)18(19,20)21/h3-5,8,10-11,15H,6-7,9H2,1-2H3/t10-,11?,15?,17+/m1/s1. The number of carbonyl (C=O) groups excluding carboxylic acids is 1. The van der Waals surface area contributed by atoms with E-state index in [2.05, 4.69) is 24.9 Å². The zero-order chi connectivity index (χ0) is 17.3. The van der Waals surface area contributed by atoms with Gasteiger partial charge in [0.25, 0.3) is 0 Å². The minimum Gasteiger partial charge on any atom is -0.334 e. The molecule has 1 spiro atoms. The van der Waals surface area contributed by atoms with Crippen molar-refractivity contribution in [3.05, 3.63) is 41.2 Å². The zero-order valence-corrected chi connectivity index (χ0v) is 13.6. The number of hydrogen-bond acceptors (Lipinski definition) is 2. The Morgan fingerprint density at radius 1 is 1.33 bits per heavy atom. The van der Waals surface area contributed by atoms with E-state index in [4.69, 9.17) is 0 Å². The predicted molar refractivity (Wildman–Crippen MR) is 81.8 cm³/mol. The highest BCUT2D eigenvalue weighted by Crippen LogP contribution is 2.52. The van der Waals surface area contributed by atoms with Crippen molar-refractivity contribution in [2.24, 2.45) is 17.3 Å². The zero-order valence-electron chi connectivity index (χ0n) is 13.6. The third kappa shape index (κ3) is 2.04. The molecule has 1 aliphatic carbocycles. The SMILES string of the molecule is CC1C2Cc3ncc(C(F)(F)F)cc3CN2C(=O)[C@]12C=C[C@@H](C)C2. The summed E-state index contributed by atoms with van der Waals surface area (Å²) in [5.74, 6) is 0.558. The predicted octanol–water partition coefficient (Wildman–Crippen LogP) is 3.59. The molecule has 3 aliphatic rings. The molecule has 1 saturated heterocycles. The maximum atomic E-state index is 13.0. The maximum absolute atomic E-state index is 13.0. The molecule has 0 radical (unpaired) electrons. The van der Waals surface area contributed by atoms with Crippen molar-refractivity contribution in [3.8, 4) is 0 Å². The van der Waals surface area contributed by atoms with Gasteiger partial charge in [0.15, 0.2) is 0 Å². The van der Waals surface area contributed by atoms with Gasteiger partial charge in [-0.15, -0.1) is 0 Å². The van der Waals surface area contributed by atoms with Gasteiger partial charge < -0.3 is 4.90 Å². The van der Waals surface area contributed by atoms with Crippen molar-refractivity contribution < 1.29 is 18.0 Å². The number of nitrogens with zero attached hydrogens (tertiary/aromatic N) is 2. The van der Waals surface area contributed by atoms with Crippen LogP contribution in [0.25, 0.3) is 0 Å². The lowest BCUT2D eigenvalue weighted by Gasteiger charge is -2.33. The van der Waals surface area contributed by atoms with Gasteiger partial charge in [0, 0.05) is 30.9 Å². The van der Waals surface area contributed by atoms with E-state index in [1.54, 1.807) is 4.90 Å². The van der Waals surface area contributed by atoms with Crippen LogP contribution in [-0.2, 0) is 23.9 Å². The first kappa shape index (κ1) is 15.7. The minimum absolute atomic E-state index is 0.0178. The monoisotopic (exact) mass is 336 g/mol. The van der Waals surface area contributed by atoms with E-state index in [9.17, 15) is 18.0 Å². The van der Waals surface area contributed by atoms with Crippen molar-refractivity contribution in [2.75, 3.05) is 0 Å². The highest BCUT2D eigenvalue weighted by Gasteiger charge is 2.58. The first-order valence-corrected chi connectivity index (χ1v) is 8.28. The highest BCUT2D eigenvalue weighted by molar-refractivity contribution is 5.89. The van der Waals surface area contributed by atoms with Crippen LogP contribution < -0.4 is 0 Å². The lowest BCUT2D eigenvalue weighted by Crippen LogP contribution is -2.40. The molecule has 2 aliphatic heterocycles. The molecule has 6 heteroatoms. The summed E-state index contributed by atoms with van der Waals surface area (Å²) in [5, 5.41) is 0. The second kappa shape index (κ2) is 4.83. The number of fused-ring (bicyclic) bond motifs is 2. The number of pyridine rings is 1. The van der Waals surface area contributed by atoms with Gasteiger partial charge in [-0.3, -0.25) is 9.78 Å². The van der Waals surface area contributed by atoms with E-state index in [0.29, 0.717) is 23.6 Å². The Morgan fingerprint density at radius 3 is 2.71 bits per heavy atom. The van der Waals surface area contributed by atoms with E-state index in [1.165, 1.54) is 0 Å². The Bertz CT molecular complexity index is 742. The fourth-order valence-electron chi connectivity index (χ4n) is 4.60. The Hall–Kier alpha value is -1.85. The maximum Gasteiger partial charge on any atom is 0.417 e. The van der Waals surface area contributed by atoms with Gasteiger partial charge in [-0.2, -0.15) is 13.2 Å². The van der Waals surface area contributed by atoms with E-state index in [0.717, 1.165) is 18.7 Å². The summed E-state index contributed by atoms with van der Waals surface area (Å²) >= 11 is 0. The Labute approximate surface area is 138 Å². The molecular formula is C18H19F3N2O. The fraction of sp³-hybridized carbons (Fsp3) is 0.556. The third-order valence-corrected chi connectivity index (χ3v) is 5.96. The normalized spacial score (nSPS) is 34.8. The number of allylic oxidation sites excluding steroid dienone is 1. The van der Waals surface area contributed by atoms with Gasteiger partial charge in [-0.25, -0.2) is 0 Å². The van der Waals surface area contributed by atoms with Crippen LogP contribution in [0.15, 0.2) is 24.4 Å². The van der Waals surface area contributed by atoms with Crippen LogP contribution in [0.3, 0.4) is 0 Å². The molecule has 0 saturated carbocycles. The number of carbonyl (C=O) groups is 1. The third-order valence-electron chi connectivity index (χ3n) is 5.96. The Morgan fingerprint density at radius 2 is 2.08 bits per heavy atom. The van der Waals surface area contributed by atoms with Crippen LogP contribution in [0.1, 0.15) is 37.1 Å². The van der Waals surface area contributed by atoms with Crippen LogP contribution >= 0.6 is 0 Å². The molecule has 24 heavy (non-hydrogen) atoms. The molecule has 0 N–H and O–H groups in total. The number of hydrogen-bond donors (Lipinski definition) is 0. The van der Waals surface area contributed by atoms with Crippen LogP contribution in [0.5, 0.6) is 0 Å². The van der Waals surface area contributed by atoms with Crippen LogP contribution in [0.4, 0.5) is 13.2 Å². The van der Waals surface area contributed by atoms with Gasteiger partial charge in [0.05, 0.1) is 11.0 Å². The van der Waals surface area contributed by atoms with E-state index >= 15 is 0 Å². The molecule has 1 fully saturated rings. The van der Waals surface area contributed by atoms with Crippen molar-refractivity contribution in [3.63, 3.8) is 0 Å². The lowest BCUT2D eigenvalue weighted by atomic mass is 9.73. The lowest BCUT2D eigenvalue weighted by molar-refractivity contribution is -0.137. The Balaban J connectivity index is 1.70. The van der Waals surface area contributed by atoms with E-state index in [-0.39, 0.29) is 24.4 Å². The smallest absolute Gasteiger partial charge is 0.334 e. The summed E-state index contributed by atoms with van der Waals surface area (Å²) in [6, 6.07) is 1.17. The molecule has 1 amide bonds. The number of amides is 1. The van der Waals surface area contributed by atoms with Gasteiger partial charge in [-0.05, 0) is 29.9 Å². The van der Waals surface area contributed by atoms with Crippen LogP contribution in [0.2, 0.25) is 0 Å². The largest absolute Gasteiger partial charge is 0.417 e. The molecule has 3 heterocycles. The number of halogens is 3. The first-order valence-electron chi connectivity index (χ1n) is 8.28. The summed E-state index contributed by atoms with van der Waals surface area (Å²) in [4.78, 5) is 18.9. The molecule has 3 nitrogen and oxygen atoms in total. The second-order valence-corrected chi connectivity index (χ2v) is 7.40. The molecule has 1 aromatic rings. The Kier molecular flexibility index (Phi) is 3.15. The molecule has 1 aromatic heterocycles. The van der Waals surface area contributed by atoms with Gasteiger partial charge in [0.1, 0.15) is 0 Å². The van der Waals surface area contributed by atoms with E-state index in [1.807, 2.05) is 6.08 Å². The summed E-state index contributed by atoms with van der Waals surface area (Å²) in [7, 11) is 0. The summed E-state index contributed by atoms with van der Waals surface area (Å²) in [6.45, 7) is 4.40. The van der Waals surface area contributed by atoms with Crippen molar-refractivity contribution in [1.82, 2.24) is 9.88 Å². The van der Waals surface area contributed by atoms with Gasteiger partial charge >= 0.3 is 6.18 Å². The van der Waals surface area contributed by atoms with Crippen molar-refractivity contribution in [1.29, 1.82) is 0 Å². The molecule has 0 aromatic carbocycles. The molecule has 128 valence electrons. The van der Waals surface area contributed by atoms with Gasteiger partial charge in [0.2, 0.25) is 5.91 Å². The number of rotatable bonds is 0. The van der Waals surface area contributed by atoms with E-state index < -0.39 is 17.2 Å². The summed E-state index contributed by atoms with van der Waals surface area (Å²) in [5.41, 5.74) is -0.0212. The fourth-order valence-corrected chi connectivity index (χ4v) is 4.60. The van der Waals surface area contributed by atoms with Crippen LogP contribution in [0, 0.1) is 17.3 Å². The first-order chi connectivity index (χ1) is 11.2. The molecule has 4 atom stereocenters. The number of alkyl halides is 3. The van der Waals surface area contributed by atoms with Crippen LogP contribution in [-0.4, -0.2) is 21.8 Å². The van der Waals surface area contributed by atoms with Gasteiger partial charge in [-0.1, -0.05) is 26.0 Å². The highest BCUT2D eigenvalue weighted by atomic mass is 19.4. The topological polar surface area (TPSA) is 33.2 Å². The minimum atomic E-state index is -4.41. The average molecular weight is 336 g/mol. The van der Waals surface area contributed by atoms with Crippen molar-refractivity contribution >= 4 is 5.91 Å². The summed E-state index contributed by atoms with van der Waals surface area (Å²) < 4.78 is 38.8. The molecule has 0 bridgehead atoms. The average Bonchev–Trinajstić information content (AvgIpc) is 3.01.